The number of phosphoric ester groups is 2. The molecule has 0 amide bonds. The van der Waals surface area contributed by atoms with Crippen LogP contribution in [0.15, 0.2) is 0 Å². The summed E-state index contributed by atoms with van der Waals surface area (Å²) in [5, 5.41) is 10.7. The largest absolute Gasteiger partial charge is 0.472 e. The summed E-state index contributed by atoms with van der Waals surface area (Å²) in [6.45, 7) is 14.3. The number of phosphoric acid groups is 2. The van der Waals surface area contributed by atoms with Crippen LogP contribution in [0.1, 0.15) is 441 Å². The SMILES string of the molecule is CCC(C)CCCCCCCCCCCCCCCCCCCCC(=O)O[C@H](COC(=O)CCCCCCCCCCCCCCCCC(C)C)COP(=O)(O)OCC(O)COP(=O)(O)OC[C@@H](COC(=O)CCCCCCCCCC(C)C)OC(=O)CCCCCCCCCCCCCCC(C)C. The van der Waals surface area contributed by atoms with E-state index in [1.807, 2.05) is 0 Å². The van der Waals surface area contributed by atoms with Gasteiger partial charge < -0.3 is 33.8 Å². The number of aliphatic hydroxyl groups is 1. The first-order valence-electron chi connectivity index (χ1n) is 43.7. The summed E-state index contributed by atoms with van der Waals surface area (Å²) in [4.78, 5) is 73.2. The third-order valence-corrected chi connectivity index (χ3v) is 22.1. The minimum Gasteiger partial charge on any atom is -0.462 e. The molecule has 0 aromatic rings. The van der Waals surface area contributed by atoms with E-state index >= 15 is 0 Å². The van der Waals surface area contributed by atoms with Crippen molar-refractivity contribution in [2.45, 2.75) is 459 Å². The van der Waals surface area contributed by atoms with Crippen molar-refractivity contribution in [2.75, 3.05) is 39.6 Å². The maximum atomic E-state index is 13.1. The van der Waals surface area contributed by atoms with Crippen LogP contribution < -0.4 is 0 Å². The molecular formula is C85H166O17P2. The third-order valence-electron chi connectivity index (χ3n) is 20.2. The molecule has 19 heteroatoms. The number of carbonyl (C=O) groups is 4. The summed E-state index contributed by atoms with van der Waals surface area (Å²) >= 11 is 0. The molecule has 0 aliphatic heterocycles. The molecule has 0 aromatic heterocycles. The first kappa shape index (κ1) is 102. The van der Waals surface area contributed by atoms with Gasteiger partial charge in [0.25, 0.3) is 0 Å². The van der Waals surface area contributed by atoms with Crippen molar-refractivity contribution in [3.05, 3.63) is 0 Å². The van der Waals surface area contributed by atoms with Gasteiger partial charge in [-0.2, -0.15) is 0 Å². The lowest BCUT2D eigenvalue weighted by molar-refractivity contribution is -0.161. The zero-order valence-corrected chi connectivity index (χ0v) is 70.5. The van der Waals surface area contributed by atoms with E-state index < -0.39 is 97.5 Å². The zero-order valence-electron chi connectivity index (χ0n) is 68.7. The van der Waals surface area contributed by atoms with Gasteiger partial charge in [-0.25, -0.2) is 9.13 Å². The Morgan fingerprint density at radius 3 is 0.683 bits per heavy atom. The van der Waals surface area contributed by atoms with Crippen LogP contribution in [0.3, 0.4) is 0 Å². The molecule has 0 saturated heterocycles. The van der Waals surface area contributed by atoms with Crippen LogP contribution >= 0.6 is 15.6 Å². The smallest absolute Gasteiger partial charge is 0.462 e. The van der Waals surface area contributed by atoms with Crippen molar-refractivity contribution in [1.82, 2.24) is 0 Å². The van der Waals surface area contributed by atoms with Crippen LogP contribution in [-0.2, 0) is 65.4 Å². The van der Waals surface area contributed by atoms with Gasteiger partial charge in [0, 0.05) is 25.7 Å². The van der Waals surface area contributed by atoms with E-state index in [1.54, 1.807) is 0 Å². The number of ether oxygens (including phenoxy) is 4. The molecule has 0 aromatic carbocycles. The van der Waals surface area contributed by atoms with Crippen molar-refractivity contribution in [1.29, 1.82) is 0 Å². The average molecular weight is 1520 g/mol. The van der Waals surface area contributed by atoms with Crippen molar-refractivity contribution >= 4 is 39.5 Å². The van der Waals surface area contributed by atoms with E-state index in [9.17, 15) is 43.2 Å². The van der Waals surface area contributed by atoms with Gasteiger partial charge in [-0.3, -0.25) is 37.3 Å². The Labute approximate surface area is 638 Å². The van der Waals surface area contributed by atoms with Gasteiger partial charge in [-0.15, -0.1) is 0 Å². The van der Waals surface area contributed by atoms with E-state index in [0.29, 0.717) is 31.6 Å². The molecule has 0 bridgehead atoms. The Morgan fingerprint density at radius 2 is 0.462 bits per heavy atom. The van der Waals surface area contributed by atoms with Crippen LogP contribution in [0.25, 0.3) is 0 Å². The Kier molecular flexibility index (Phi) is 72.5. The molecule has 17 nitrogen and oxygen atoms in total. The Bertz CT molecular complexity index is 2030. The standard InChI is InChI=1S/C85H166O17P2/c1-9-78(8)64-56-48-40-32-26-19-14-12-10-11-13-15-21-28-34-42-51-59-67-84(89)101-80(71-95-82(87)65-57-49-41-33-27-20-17-16-18-24-30-37-45-53-61-75(2)3)73-99-103(91,92)97-69-79(86)70-98-104(93,94)100-74-81(72-96-83(88)66-58-50-44-36-39-47-55-63-77(6)7)102-85(90)68-60-52-43-35-29-23-22-25-31-38-46-54-62-76(4)5/h75-81,86H,9-74H2,1-8H3,(H,91,92)(H,93,94)/t78?,79?,80-,81-/m1/s1. The van der Waals surface area contributed by atoms with Crippen molar-refractivity contribution in [3.8, 4) is 0 Å². The summed E-state index contributed by atoms with van der Waals surface area (Å²) in [5.74, 6) is 1.04. The second-order valence-corrected chi connectivity index (χ2v) is 35.2. The number of carbonyl (C=O) groups excluding carboxylic acids is 4. The number of hydrogen-bond donors (Lipinski definition) is 3. The molecule has 0 radical (unpaired) electrons. The summed E-state index contributed by atoms with van der Waals surface area (Å²) in [6, 6.07) is 0. The van der Waals surface area contributed by atoms with Gasteiger partial charge in [-0.05, 0) is 49.4 Å². The van der Waals surface area contributed by atoms with Gasteiger partial charge in [0.2, 0.25) is 0 Å². The van der Waals surface area contributed by atoms with Gasteiger partial charge in [-0.1, -0.05) is 389 Å². The summed E-state index contributed by atoms with van der Waals surface area (Å²) in [5.41, 5.74) is 0. The molecule has 6 atom stereocenters. The van der Waals surface area contributed by atoms with E-state index in [4.69, 9.17) is 37.0 Å². The first-order valence-corrected chi connectivity index (χ1v) is 46.7. The summed E-state index contributed by atoms with van der Waals surface area (Å²) in [6.07, 6.45) is 62.5. The number of aliphatic hydroxyl groups excluding tert-OH is 1. The van der Waals surface area contributed by atoms with Crippen LogP contribution in [0.4, 0.5) is 0 Å². The number of esters is 4. The topological polar surface area (TPSA) is 237 Å². The van der Waals surface area contributed by atoms with Crippen LogP contribution in [-0.4, -0.2) is 96.7 Å². The van der Waals surface area contributed by atoms with E-state index in [1.165, 1.54) is 238 Å². The normalized spacial score (nSPS) is 14.2. The van der Waals surface area contributed by atoms with Crippen molar-refractivity contribution in [3.63, 3.8) is 0 Å². The molecule has 0 aliphatic carbocycles. The van der Waals surface area contributed by atoms with Crippen LogP contribution in [0, 0.1) is 23.7 Å². The number of unbranched alkanes of at least 4 members (excludes halogenated alkanes) is 47. The highest BCUT2D eigenvalue weighted by molar-refractivity contribution is 7.47. The molecule has 3 N–H and O–H groups in total. The van der Waals surface area contributed by atoms with Gasteiger partial charge in [0.05, 0.1) is 26.4 Å². The molecule has 0 spiro atoms. The van der Waals surface area contributed by atoms with E-state index in [2.05, 4.69) is 55.4 Å². The Morgan fingerprint density at radius 1 is 0.269 bits per heavy atom. The van der Waals surface area contributed by atoms with Gasteiger partial charge in [0.1, 0.15) is 19.3 Å². The quantitative estimate of drug-likeness (QED) is 0.0222. The molecule has 0 rings (SSSR count). The van der Waals surface area contributed by atoms with Crippen LogP contribution in [0.2, 0.25) is 0 Å². The van der Waals surface area contributed by atoms with Gasteiger partial charge in [0.15, 0.2) is 12.2 Å². The highest BCUT2D eigenvalue weighted by Crippen LogP contribution is 2.45. The van der Waals surface area contributed by atoms with E-state index in [-0.39, 0.29) is 25.7 Å². The molecular weight excluding hydrogens is 1350 g/mol. The summed E-state index contributed by atoms with van der Waals surface area (Å²) in [7, 11) is -9.93. The predicted molar refractivity (Wildman–Crippen MR) is 428 cm³/mol. The highest BCUT2D eigenvalue weighted by atomic mass is 31.2. The molecule has 104 heavy (non-hydrogen) atoms. The Balaban J connectivity index is 5.23. The highest BCUT2D eigenvalue weighted by Gasteiger charge is 2.30. The average Bonchev–Trinajstić information content (AvgIpc) is 0.955. The fourth-order valence-electron chi connectivity index (χ4n) is 13.1. The Hall–Kier alpha value is -1.94. The maximum absolute atomic E-state index is 13.1. The van der Waals surface area contributed by atoms with Crippen LogP contribution in [0.5, 0.6) is 0 Å². The van der Waals surface area contributed by atoms with E-state index in [0.717, 1.165) is 114 Å². The molecule has 618 valence electrons. The summed E-state index contributed by atoms with van der Waals surface area (Å²) < 4.78 is 68.8. The zero-order chi connectivity index (χ0) is 76.7. The van der Waals surface area contributed by atoms with Crippen molar-refractivity contribution < 1.29 is 80.2 Å². The molecule has 0 aliphatic rings. The second kappa shape index (κ2) is 73.8. The molecule has 4 unspecified atom stereocenters. The lowest BCUT2D eigenvalue weighted by atomic mass is 9.99. The minimum atomic E-state index is -4.97. The molecule has 0 saturated carbocycles. The lowest BCUT2D eigenvalue weighted by Gasteiger charge is -2.21. The van der Waals surface area contributed by atoms with Crippen molar-refractivity contribution in [2.24, 2.45) is 23.7 Å². The fourth-order valence-corrected chi connectivity index (χ4v) is 14.7. The van der Waals surface area contributed by atoms with Gasteiger partial charge >= 0.3 is 39.5 Å². The monoisotopic (exact) mass is 1520 g/mol. The maximum Gasteiger partial charge on any atom is 0.472 e. The second-order valence-electron chi connectivity index (χ2n) is 32.2. The first-order chi connectivity index (χ1) is 50.1. The minimum absolute atomic E-state index is 0.106. The number of hydrogen-bond acceptors (Lipinski definition) is 15. The molecule has 0 fully saturated rings. The molecule has 0 heterocycles. The lowest BCUT2D eigenvalue weighted by Crippen LogP contribution is -2.30. The predicted octanol–water partition coefficient (Wildman–Crippen LogP) is 25.6. The number of rotatable bonds is 82. The fraction of sp³-hybridized carbons (Fsp3) is 0.953. The third kappa shape index (κ3) is 76.8.